The van der Waals surface area contributed by atoms with E-state index in [4.69, 9.17) is 4.52 Å². The molecule has 1 aliphatic rings. The lowest BCUT2D eigenvalue weighted by molar-refractivity contribution is -0.384. The van der Waals surface area contributed by atoms with Crippen molar-refractivity contribution in [1.29, 1.82) is 0 Å². The molecular weight excluding hydrogens is 405 g/mol. The van der Waals surface area contributed by atoms with Crippen LogP contribution in [0.4, 0.5) is 5.69 Å². The summed E-state index contributed by atoms with van der Waals surface area (Å²) < 4.78 is 19.4. The SMILES string of the molecule is CCOP(=O)(Cc1ccc([N+](=O)[O-])cc1)CN1CCCNCCNCCCNCC1. The molecule has 1 atom stereocenters. The van der Waals surface area contributed by atoms with E-state index >= 15 is 0 Å². The summed E-state index contributed by atoms with van der Waals surface area (Å²) in [7, 11) is -2.94. The van der Waals surface area contributed by atoms with Crippen LogP contribution in [0.15, 0.2) is 24.3 Å². The van der Waals surface area contributed by atoms with Gasteiger partial charge >= 0.3 is 0 Å². The zero-order valence-corrected chi connectivity index (χ0v) is 18.9. The van der Waals surface area contributed by atoms with Crippen LogP contribution in [0.1, 0.15) is 25.3 Å². The molecule has 1 aromatic carbocycles. The first-order valence-electron chi connectivity index (χ1n) is 10.8. The van der Waals surface area contributed by atoms with Crippen LogP contribution in [0.3, 0.4) is 0 Å². The summed E-state index contributed by atoms with van der Waals surface area (Å²) in [4.78, 5) is 12.7. The molecule has 0 radical (unpaired) electrons. The van der Waals surface area contributed by atoms with Gasteiger partial charge in [-0.15, -0.1) is 0 Å². The monoisotopic (exact) mass is 441 g/mol. The van der Waals surface area contributed by atoms with Gasteiger partial charge < -0.3 is 20.5 Å². The van der Waals surface area contributed by atoms with Crippen LogP contribution < -0.4 is 16.0 Å². The number of rotatable bonds is 7. The fourth-order valence-electron chi connectivity index (χ4n) is 3.49. The molecule has 0 aliphatic carbocycles. The van der Waals surface area contributed by atoms with Crippen molar-refractivity contribution in [3.05, 3.63) is 39.9 Å². The highest BCUT2D eigenvalue weighted by Gasteiger charge is 2.27. The third kappa shape index (κ3) is 9.64. The van der Waals surface area contributed by atoms with Gasteiger partial charge in [0.1, 0.15) is 0 Å². The van der Waals surface area contributed by atoms with Crippen LogP contribution in [-0.2, 0) is 15.3 Å². The van der Waals surface area contributed by atoms with Gasteiger partial charge in [0.15, 0.2) is 0 Å². The van der Waals surface area contributed by atoms with E-state index in [1.807, 2.05) is 6.92 Å². The zero-order chi connectivity index (χ0) is 21.7. The Bertz CT molecular complexity index is 660. The average Bonchev–Trinajstić information content (AvgIpc) is 2.71. The number of nitro groups is 1. The fraction of sp³-hybridized carbons (Fsp3) is 0.700. The number of hydrogen-bond donors (Lipinski definition) is 3. The second-order valence-corrected chi connectivity index (χ2v) is 10.0. The summed E-state index contributed by atoms with van der Waals surface area (Å²) in [6.07, 6.45) is 2.73. The largest absolute Gasteiger partial charge is 0.328 e. The van der Waals surface area contributed by atoms with Gasteiger partial charge in [-0.1, -0.05) is 12.1 Å². The van der Waals surface area contributed by atoms with Gasteiger partial charge in [-0.2, -0.15) is 0 Å². The first-order chi connectivity index (χ1) is 14.5. The van der Waals surface area contributed by atoms with Crippen LogP contribution in [0.25, 0.3) is 0 Å². The Kier molecular flexibility index (Phi) is 11.5. The van der Waals surface area contributed by atoms with Gasteiger partial charge in [0.05, 0.1) is 24.0 Å². The molecule has 1 heterocycles. The third-order valence-electron chi connectivity index (χ3n) is 4.97. The smallest absolute Gasteiger partial charge is 0.269 e. The Labute approximate surface area is 179 Å². The topological polar surface area (TPSA) is 109 Å². The lowest BCUT2D eigenvalue weighted by atomic mass is 10.2. The maximum atomic E-state index is 13.6. The van der Waals surface area contributed by atoms with E-state index in [0.717, 1.165) is 70.8 Å². The molecular formula is C20H36N5O4P. The van der Waals surface area contributed by atoms with Crippen molar-refractivity contribution in [2.75, 3.05) is 65.3 Å². The van der Waals surface area contributed by atoms with Gasteiger partial charge in [-0.25, -0.2) is 0 Å². The van der Waals surface area contributed by atoms with Crippen LogP contribution in [0.5, 0.6) is 0 Å². The van der Waals surface area contributed by atoms with Crippen molar-refractivity contribution in [1.82, 2.24) is 20.9 Å². The van der Waals surface area contributed by atoms with Gasteiger partial charge in [-0.05, 0) is 51.5 Å². The Morgan fingerprint density at radius 3 is 2.27 bits per heavy atom. The summed E-state index contributed by atoms with van der Waals surface area (Å²) in [5, 5.41) is 21.2. The number of hydrogen-bond acceptors (Lipinski definition) is 8. The summed E-state index contributed by atoms with van der Waals surface area (Å²) in [5.74, 6) is 0. The van der Waals surface area contributed by atoms with Crippen molar-refractivity contribution >= 4 is 13.1 Å². The minimum atomic E-state index is -2.94. The van der Waals surface area contributed by atoms with Crippen molar-refractivity contribution in [3.8, 4) is 0 Å². The number of benzene rings is 1. The van der Waals surface area contributed by atoms with E-state index in [-0.39, 0.29) is 11.8 Å². The number of nitro benzene ring substituents is 1. The molecule has 1 saturated heterocycles. The van der Waals surface area contributed by atoms with Crippen molar-refractivity contribution in [2.24, 2.45) is 0 Å². The van der Waals surface area contributed by atoms with Crippen molar-refractivity contribution in [2.45, 2.75) is 25.9 Å². The van der Waals surface area contributed by atoms with Crippen molar-refractivity contribution in [3.63, 3.8) is 0 Å². The fourth-order valence-corrected chi connectivity index (χ4v) is 5.89. The molecule has 1 aromatic rings. The lowest BCUT2D eigenvalue weighted by Crippen LogP contribution is -2.37. The maximum Gasteiger partial charge on any atom is 0.269 e. The molecule has 1 fully saturated rings. The predicted molar refractivity (Wildman–Crippen MR) is 120 cm³/mol. The van der Waals surface area contributed by atoms with Crippen LogP contribution >= 0.6 is 7.37 Å². The summed E-state index contributed by atoms with van der Waals surface area (Å²) >= 11 is 0. The molecule has 0 aromatic heterocycles. The maximum absolute atomic E-state index is 13.6. The third-order valence-corrected chi connectivity index (χ3v) is 7.38. The minimum absolute atomic E-state index is 0.0357. The molecule has 0 spiro atoms. The first kappa shape index (κ1) is 24.9. The number of nitrogens with zero attached hydrogens (tertiary/aromatic N) is 2. The normalized spacial score (nSPS) is 20.2. The Morgan fingerprint density at radius 1 is 1.00 bits per heavy atom. The highest BCUT2D eigenvalue weighted by atomic mass is 31.2. The van der Waals surface area contributed by atoms with E-state index < -0.39 is 12.3 Å². The van der Waals surface area contributed by atoms with E-state index in [2.05, 4.69) is 20.9 Å². The standard InChI is InChI=1S/C20H36N5O4P/c1-2-29-30(28,17-19-5-7-20(8-6-19)25(26)27)18-24-15-4-11-22-13-12-21-9-3-10-23-14-16-24/h5-8,21-23H,2-4,9-18H2,1H3. The highest BCUT2D eigenvalue weighted by Crippen LogP contribution is 2.50. The summed E-state index contributed by atoms with van der Waals surface area (Å²) in [6, 6.07) is 6.26. The van der Waals surface area contributed by atoms with Gasteiger partial charge in [0, 0.05) is 38.3 Å². The van der Waals surface area contributed by atoms with Crippen LogP contribution in [-0.4, -0.2) is 75.1 Å². The summed E-state index contributed by atoms with van der Waals surface area (Å²) in [5.41, 5.74) is 0.834. The molecule has 0 bridgehead atoms. The second kappa shape index (κ2) is 13.9. The molecule has 10 heteroatoms. The molecule has 1 unspecified atom stereocenters. The Balaban J connectivity index is 2.00. The number of nitrogens with one attached hydrogen (secondary N) is 3. The Morgan fingerprint density at radius 2 is 1.63 bits per heavy atom. The molecule has 30 heavy (non-hydrogen) atoms. The van der Waals surface area contributed by atoms with E-state index in [0.29, 0.717) is 12.9 Å². The molecule has 170 valence electrons. The van der Waals surface area contributed by atoms with E-state index in [1.165, 1.54) is 12.1 Å². The molecule has 9 nitrogen and oxygen atoms in total. The molecule has 2 rings (SSSR count). The summed E-state index contributed by atoms with van der Waals surface area (Å²) in [6.45, 7) is 9.54. The average molecular weight is 442 g/mol. The molecule has 3 N–H and O–H groups in total. The van der Waals surface area contributed by atoms with Crippen LogP contribution in [0.2, 0.25) is 0 Å². The van der Waals surface area contributed by atoms with E-state index in [1.54, 1.807) is 12.1 Å². The van der Waals surface area contributed by atoms with Gasteiger partial charge in [-0.3, -0.25) is 19.6 Å². The zero-order valence-electron chi connectivity index (χ0n) is 18.0. The quantitative estimate of drug-likeness (QED) is 0.336. The lowest BCUT2D eigenvalue weighted by Gasteiger charge is -2.28. The molecule has 0 saturated carbocycles. The highest BCUT2D eigenvalue weighted by molar-refractivity contribution is 7.58. The minimum Gasteiger partial charge on any atom is -0.328 e. The molecule has 1 aliphatic heterocycles. The van der Waals surface area contributed by atoms with Crippen LogP contribution in [0, 0.1) is 10.1 Å². The molecule has 0 amide bonds. The van der Waals surface area contributed by atoms with Gasteiger partial charge in [0.2, 0.25) is 7.37 Å². The predicted octanol–water partition coefficient (Wildman–Crippen LogP) is 2.23. The Hall–Kier alpha value is -1.35. The number of non-ortho nitro benzene ring substituents is 1. The van der Waals surface area contributed by atoms with Gasteiger partial charge in [0.25, 0.3) is 5.69 Å². The van der Waals surface area contributed by atoms with Crippen molar-refractivity contribution < 1.29 is 14.0 Å². The van der Waals surface area contributed by atoms with E-state index in [9.17, 15) is 14.7 Å². The first-order valence-corrected chi connectivity index (χ1v) is 12.8. The second-order valence-electron chi connectivity index (χ2n) is 7.53.